The second-order valence-corrected chi connectivity index (χ2v) is 9.06. The molecule has 0 amide bonds. The smallest absolute Gasteiger partial charge is 0.134 e. The molecule has 4 heteroatoms. The van der Waals surface area contributed by atoms with Crippen molar-refractivity contribution in [3.05, 3.63) is 46.1 Å². The zero-order valence-corrected chi connectivity index (χ0v) is 17.9. The maximum Gasteiger partial charge on any atom is 0.134 e. The average molecular weight is 415 g/mol. The normalized spacial score (nSPS) is 12.1. The highest BCUT2D eigenvalue weighted by Gasteiger charge is 2.25. The zero-order valence-electron chi connectivity index (χ0n) is 15.5. The molecule has 0 saturated heterocycles. The average Bonchev–Trinajstić information content (AvgIpc) is 2.86. The Morgan fingerprint density at radius 3 is 2.29 bits per heavy atom. The molecule has 0 spiro atoms. The summed E-state index contributed by atoms with van der Waals surface area (Å²) in [6.07, 6.45) is 1.11. The number of furan rings is 1. The van der Waals surface area contributed by atoms with Crippen molar-refractivity contribution >= 4 is 28.3 Å². The number of rotatable bonds is 5. The summed E-state index contributed by atoms with van der Waals surface area (Å²) in [5.74, 6) is 1.90. The number of aryl methyl sites for hydroxylation is 1. The molecular weight excluding hydrogens is 386 g/mol. The van der Waals surface area contributed by atoms with E-state index in [4.69, 9.17) is 4.42 Å². The lowest BCUT2D eigenvalue weighted by Crippen LogP contribution is -2.41. The Balaban J connectivity index is 0.00000288. The fraction of sp³-hybridized carbons (Fsp3) is 0.500. The third-order valence-electron chi connectivity index (χ3n) is 3.82. The summed E-state index contributed by atoms with van der Waals surface area (Å²) in [5.41, 5.74) is 2.72. The van der Waals surface area contributed by atoms with Gasteiger partial charge in [0, 0.05) is 15.6 Å². The van der Waals surface area contributed by atoms with Crippen molar-refractivity contribution in [1.82, 2.24) is 5.32 Å². The van der Waals surface area contributed by atoms with Crippen molar-refractivity contribution < 1.29 is 4.42 Å². The van der Waals surface area contributed by atoms with Gasteiger partial charge in [0.05, 0.1) is 6.54 Å². The van der Waals surface area contributed by atoms with Crippen molar-refractivity contribution in [1.29, 1.82) is 0 Å². The standard InChI is InChI=1S/C20H28BrNO.ClH/c1-14-11-15(7-9-17(14)21)18-10-8-16(23-18)12-22-20(5,6)13-19(2,3)4;/h7-11,22H,12-13H2,1-6H3;1H. The highest BCUT2D eigenvalue weighted by Crippen LogP contribution is 2.29. The Morgan fingerprint density at radius 2 is 1.71 bits per heavy atom. The lowest BCUT2D eigenvalue weighted by atomic mass is 9.82. The van der Waals surface area contributed by atoms with Gasteiger partial charge in [0.15, 0.2) is 0 Å². The van der Waals surface area contributed by atoms with Gasteiger partial charge in [-0.2, -0.15) is 0 Å². The highest BCUT2D eigenvalue weighted by atomic mass is 79.9. The molecule has 2 rings (SSSR count). The predicted octanol–water partition coefficient (Wildman–Crippen LogP) is 6.74. The molecule has 1 aromatic carbocycles. The van der Waals surface area contributed by atoms with Crippen LogP contribution in [0.3, 0.4) is 0 Å². The molecule has 1 heterocycles. The maximum atomic E-state index is 6.01. The van der Waals surface area contributed by atoms with E-state index < -0.39 is 0 Å². The minimum absolute atomic E-state index is 0. The van der Waals surface area contributed by atoms with Gasteiger partial charge in [-0.25, -0.2) is 0 Å². The Labute approximate surface area is 161 Å². The van der Waals surface area contributed by atoms with Crippen LogP contribution in [0.2, 0.25) is 0 Å². The van der Waals surface area contributed by atoms with Gasteiger partial charge in [0.2, 0.25) is 0 Å². The number of hydrogen-bond acceptors (Lipinski definition) is 2. The van der Waals surface area contributed by atoms with Gasteiger partial charge in [-0.3, -0.25) is 0 Å². The summed E-state index contributed by atoms with van der Waals surface area (Å²) in [7, 11) is 0. The molecule has 0 aliphatic rings. The highest BCUT2D eigenvalue weighted by molar-refractivity contribution is 9.10. The van der Waals surface area contributed by atoms with Crippen LogP contribution in [0.4, 0.5) is 0 Å². The summed E-state index contributed by atoms with van der Waals surface area (Å²) in [6.45, 7) is 14.2. The van der Waals surface area contributed by atoms with E-state index in [0.717, 1.165) is 34.5 Å². The van der Waals surface area contributed by atoms with Crippen LogP contribution in [0.25, 0.3) is 11.3 Å². The lowest BCUT2D eigenvalue weighted by molar-refractivity contribution is 0.236. The van der Waals surface area contributed by atoms with E-state index in [1.165, 1.54) is 5.56 Å². The van der Waals surface area contributed by atoms with Crippen LogP contribution in [0.5, 0.6) is 0 Å². The largest absolute Gasteiger partial charge is 0.460 e. The van der Waals surface area contributed by atoms with Crippen molar-refractivity contribution in [2.24, 2.45) is 5.41 Å². The van der Waals surface area contributed by atoms with Gasteiger partial charge in [-0.05, 0) is 62.4 Å². The first kappa shape index (κ1) is 21.3. The van der Waals surface area contributed by atoms with Crippen LogP contribution in [0.1, 0.15) is 52.4 Å². The second-order valence-electron chi connectivity index (χ2n) is 8.20. The van der Waals surface area contributed by atoms with Gasteiger partial charge in [0.1, 0.15) is 11.5 Å². The molecule has 0 aliphatic heterocycles. The lowest BCUT2D eigenvalue weighted by Gasteiger charge is -2.33. The molecule has 1 N–H and O–H groups in total. The van der Waals surface area contributed by atoms with E-state index in [1.54, 1.807) is 0 Å². The van der Waals surface area contributed by atoms with E-state index in [0.29, 0.717) is 5.41 Å². The van der Waals surface area contributed by atoms with Crippen molar-refractivity contribution in [2.75, 3.05) is 0 Å². The van der Waals surface area contributed by atoms with Crippen molar-refractivity contribution in [3.8, 4) is 11.3 Å². The fourth-order valence-electron chi connectivity index (χ4n) is 3.14. The minimum Gasteiger partial charge on any atom is -0.460 e. The molecule has 0 radical (unpaired) electrons. The first-order valence-corrected chi connectivity index (χ1v) is 8.95. The maximum absolute atomic E-state index is 6.01. The second kappa shape index (κ2) is 8.07. The monoisotopic (exact) mass is 413 g/mol. The summed E-state index contributed by atoms with van der Waals surface area (Å²) in [4.78, 5) is 0. The predicted molar refractivity (Wildman–Crippen MR) is 109 cm³/mol. The molecule has 0 unspecified atom stereocenters. The summed E-state index contributed by atoms with van der Waals surface area (Å²) >= 11 is 3.54. The van der Waals surface area contributed by atoms with Gasteiger partial charge >= 0.3 is 0 Å². The molecule has 0 aliphatic carbocycles. The van der Waals surface area contributed by atoms with Crippen LogP contribution in [0, 0.1) is 12.3 Å². The van der Waals surface area contributed by atoms with E-state index >= 15 is 0 Å². The van der Waals surface area contributed by atoms with Gasteiger partial charge < -0.3 is 9.73 Å². The molecular formula is C20H29BrClNO. The molecule has 24 heavy (non-hydrogen) atoms. The number of benzene rings is 1. The quantitative estimate of drug-likeness (QED) is 0.585. The van der Waals surface area contributed by atoms with E-state index in [-0.39, 0.29) is 17.9 Å². The first-order chi connectivity index (χ1) is 10.6. The Bertz CT molecular complexity index is 671. The molecule has 0 fully saturated rings. The number of nitrogens with one attached hydrogen (secondary N) is 1. The van der Waals surface area contributed by atoms with Crippen molar-refractivity contribution in [2.45, 2.75) is 60.0 Å². The van der Waals surface area contributed by atoms with E-state index in [9.17, 15) is 0 Å². The molecule has 134 valence electrons. The minimum atomic E-state index is 0. The van der Waals surface area contributed by atoms with Crippen LogP contribution in [-0.2, 0) is 6.54 Å². The van der Waals surface area contributed by atoms with E-state index in [2.05, 4.69) is 93.1 Å². The molecule has 2 aromatic rings. The van der Waals surface area contributed by atoms with Crippen molar-refractivity contribution in [3.63, 3.8) is 0 Å². The molecule has 0 bridgehead atoms. The fourth-order valence-corrected chi connectivity index (χ4v) is 3.39. The third kappa shape index (κ3) is 6.27. The van der Waals surface area contributed by atoms with E-state index in [1.807, 2.05) is 0 Å². The molecule has 1 aromatic heterocycles. The zero-order chi connectivity index (χ0) is 17.3. The Morgan fingerprint density at radius 1 is 1.04 bits per heavy atom. The summed E-state index contributed by atoms with van der Waals surface area (Å²) in [5, 5.41) is 3.62. The molecule has 0 saturated carbocycles. The summed E-state index contributed by atoms with van der Waals surface area (Å²) in [6, 6.07) is 10.4. The van der Waals surface area contributed by atoms with Crippen LogP contribution >= 0.6 is 28.3 Å². The Kier molecular flexibility index (Phi) is 7.16. The topological polar surface area (TPSA) is 25.2 Å². The first-order valence-electron chi connectivity index (χ1n) is 8.16. The summed E-state index contributed by atoms with van der Waals surface area (Å²) < 4.78 is 7.14. The van der Waals surface area contributed by atoms with Gasteiger partial charge in [0.25, 0.3) is 0 Å². The Hall–Kier alpha value is -0.770. The van der Waals surface area contributed by atoms with Gasteiger partial charge in [-0.15, -0.1) is 12.4 Å². The van der Waals surface area contributed by atoms with Crippen LogP contribution in [-0.4, -0.2) is 5.54 Å². The van der Waals surface area contributed by atoms with Gasteiger partial charge in [-0.1, -0.05) is 42.8 Å². The number of hydrogen-bond donors (Lipinski definition) is 1. The number of halogens is 2. The van der Waals surface area contributed by atoms with Crippen LogP contribution in [0.15, 0.2) is 39.2 Å². The molecule has 0 atom stereocenters. The molecule has 2 nitrogen and oxygen atoms in total. The van der Waals surface area contributed by atoms with Crippen LogP contribution < -0.4 is 5.32 Å². The SMILES string of the molecule is Cc1cc(-c2ccc(CNC(C)(C)CC(C)(C)C)o2)ccc1Br.Cl. The third-order valence-corrected chi connectivity index (χ3v) is 4.71.